The predicted octanol–water partition coefficient (Wildman–Crippen LogP) is 2.69. The maximum atomic E-state index is 11.1. The molecule has 0 aromatic carbocycles. The molecule has 1 aromatic rings. The van der Waals surface area contributed by atoms with Gasteiger partial charge < -0.3 is 10.4 Å². The number of carbonyl (C=O) groups is 1. The van der Waals surface area contributed by atoms with Crippen LogP contribution < -0.4 is 5.32 Å². The summed E-state index contributed by atoms with van der Waals surface area (Å²) in [5.74, 6) is -0.220. The number of hydrogen-bond acceptors (Lipinski definition) is 3. The Morgan fingerprint density at radius 1 is 1.65 bits per heavy atom. The maximum Gasteiger partial charge on any atom is 0.339 e. The molecule has 0 spiro atoms. The lowest BCUT2D eigenvalue weighted by molar-refractivity contribution is 0.0697. The van der Waals surface area contributed by atoms with Gasteiger partial charge in [-0.3, -0.25) is 4.98 Å². The van der Waals surface area contributed by atoms with E-state index in [1.165, 1.54) is 19.0 Å². The largest absolute Gasteiger partial charge is 0.478 e. The van der Waals surface area contributed by atoms with E-state index in [0.717, 1.165) is 12.1 Å². The number of anilines is 1. The summed E-state index contributed by atoms with van der Waals surface area (Å²) in [5.41, 5.74) is 1.80. The first-order chi connectivity index (χ1) is 8.11. The van der Waals surface area contributed by atoms with Gasteiger partial charge in [0.1, 0.15) is 5.56 Å². The summed E-state index contributed by atoms with van der Waals surface area (Å²) in [7, 11) is 0. The van der Waals surface area contributed by atoms with Gasteiger partial charge in [-0.25, -0.2) is 4.79 Å². The van der Waals surface area contributed by atoms with Crippen LogP contribution in [0, 0.1) is 12.8 Å². The summed E-state index contributed by atoms with van der Waals surface area (Å²) in [6.45, 7) is 4.04. The Kier molecular flexibility index (Phi) is 3.31. The summed E-state index contributed by atoms with van der Waals surface area (Å²) < 4.78 is 0. The van der Waals surface area contributed by atoms with Crippen molar-refractivity contribution in [2.45, 2.75) is 39.2 Å². The molecule has 1 aromatic heterocycles. The van der Waals surface area contributed by atoms with Crippen LogP contribution in [-0.4, -0.2) is 22.1 Å². The van der Waals surface area contributed by atoms with Crippen molar-refractivity contribution in [1.29, 1.82) is 0 Å². The molecule has 1 aliphatic carbocycles. The van der Waals surface area contributed by atoms with Crippen molar-refractivity contribution in [1.82, 2.24) is 4.98 Å². The minimum absolute atomic E-state index is 0.262. The number of rotatable bonds is 5. The zero-order chi connectivity index (χ0) is 12.4. The van der Waals surface area contributed by atoms with Crippen molar-refractivity contribution in [2.75, 3.05) is 5.32 Å². The van der Waals surface area contributed by atoms with E-state index in [0.29, 0.717) is 17.6 Å². The van der Waals surface area contributed by atoms with Crippen LogP contribution >= 0.6 is 0 Å². The number of aryl methyl sites for hydroxylation is 1. The molecular formula is C13H18N2O2. The van der Waals surface area contributed by atoms with Gasteiger partial charge in [0.25, 0.3) is 0 Å². The quantitative estimate of drug-likeness (QED) is 0.822. The highest BCUT2D eigenvalue weighted by atomic mass is 16.4. The average molecular weight is 234 g/mol. The van der Waals surface area contributed by atoms with E-state index in [1.807, 2.05) is 13.0 Å². The van der Waals surface area contributed by atoms with Gasteiger partial charge >= 0.3 is 5.97 Å². The van der Waals surface area contributed by atoms with Gasteiger partial charge in [-0.1, -0.05) is 13.3 Å². The molecular weight excluding hydrogens is 216 g/mol. The van der Waals surface area contributed by atoms with Crippen molar-refractivity contribution in [3.63, 3.8) is 0 Å². The molecule has 0 aliphatic heterocycles. The van der Waals surface area contributed by atoms with E-state index in [4.69, 9.17) is 5.11 Å². The first-order valence-electron chi connectivity index (χ1n) is 6.08. The fourth-order valence-corrected chi connectivity index (χ4v) is 2.16. The number of pyridine rings is 1. The topological polar surface area (TPSA) is 62.2 Å². The highest BCUT2D eigenvalue weighted by Gasteiger charge is 2.36. The van der Waals surface area contributed by atoms with E-state index in [2.05, 4.69) is 17.2 Å². The second-order valence-electron chi connectivity index (χ2n) is 4.71. The molecule has 0 saturated heterocycles. The van der Waals surface area contributed by atoms with Crippen LogP contribution in [0.4, 0.5) is 5.69 Å². The minimum Gasteiger partial charge on any atom is -0.478 e. The standard InChI is InChI=1S/C13H18N2O2/c1-3-4-9-6-11(9)15-12-5-8(2)14-7-10(12)13(16)17/h5,7,9,11H,3-4,6H2,1-2H3,(H,14,15)(H,16,17). The second-order valence-corrected chi connectivity index (χ2v) is 4.71. The molecule has 92 valence electrons. The highest BCUT2D eigenvalue weighted by Crippen LogP contribution is 2.37. The van der Waals surface area contributed by atoms with Crippen LogP contribution in [-0.2, 0) is 0 Å². The Balaban J connectivity index is 2.10. The lowest BCUT2D eigenvalue weighted by Gasteiger charge is -2.09. The van der Waals surface area contributed by atoms with Crippen LogP contribution in [0.15, 0.2) is 12.3 Å². The number of carboxylic acids is 1. The first kappa shape index (κ1) is 11.9. The third kappa shape index (κ3) is 2.75. The van der Waals surface area contributed by atoms with Crippen LogP contribution in [0.5, 0.6) is 0 Å². The molecule has 1 heterocycles. The van der Waals surface area contributed by atoms with E-state index < -0.39 is 5.97 Å². The molecule has 0 amide bonds. The van der Waals surface area contributed by atoms with Crippen molar-refractivity contribution in [3.05, 3.63) is 23.5 Å². The lowest BCUT2D eigenvalue weighted by atomic mass is 10.2. The Bertz CT molecular complexity index is 431. The molecule has 2 atom stereocenters. The number of aromatic nitrogens is 1. The van der Waals surface area contributed by atoms with Gasteiger partial charge in [0.15, 0.2) is 0 Å². The molecule has 4 nitrogen and oxygen atoms in total. The molecule has 0 bridgehead atoms. The van der Waals surface area contributed by atoms with Gasteiger partial charge in [-0.15, -0.1) is 0 Å². The molecule has 1 aliphatic rings. The molecule has 1 saturated carbocycles. The highest BCUT2D eigenvalue weighted by molar-refractivity contribution is 5.94. The number of aromatic carboxylic acids is 1. The van der Waals surface area contributed by atoms with E-state index in [9.17, 15) is 4.79 Å². The predicted molar refractivity (Wildman–Crippen MR) is 66.4 cm³/mol. The Hall–Kier alpha value is -1.58. The Morgan fingerprint density at radius 2 is 2.41 bits per heavy atom. The second kappa shape index (κ2) is 4.73. The van der Waals surface area contributed by atoms with Gasteiger partial charge in [-0.05, 0) is 31.7 Å². The summed E-state index contributed by atoms with van der Waals surface area (Å²) in [6, 6.07) is 2.25. The van der Waals surface area contributed by atoms with Crippen molar-refractivity contribution >= 4 is 11.7 Å². The number of carboxylic acid groups (broad SMARTS) is 1. The third-order valence-corrected chi connectivity index (χ3v) is 3.19. The van der Waals surface area contributed by atoms with Crippen LogP contribution in [0.3, 0.4) is 0 Å². The smallest absolute Gasteiger partial charge is 0.339 e. The fourth-order valence-electron chi connectivity index (χ4n) is 2.16. The van der Waals surface area contributed by atoms with Gasteiger partial charge in [0.2, 0.25) is 0 Å². The Labute approximate surface area is 101 Å². The van der Waals surface area contributed by atoms with E-state index in [1.54, 1.807) is 0 Å². The average Bonchev–Trinajstić information content (AvgIpc) is 2.96. The molecule has 2 unspecified atom stereocenters. The zero-order valence-electron chi connectivity index (χ0n) is 10.2. The van der Waals surface area contributed by atoms with Crippen molar-refractivity contribution in [3.8, 4) is 0 Å². The molecule has 2 rings (SSSR count). The number of nitrogens with one attached hydrogen (secondary N) is 1. The van der Waals surface area contributed by atoms with E-state index >= 15 is 0 Å². The summed E-state index contributed by atoms with van der Waals surface area (Å²) in [5, 5.41) is 12.4. The van der Waals surface area contributed by atoms with Crippen LogP contribution in [0.1, 0.15) is 42.2 Å². The summed E-state index contributed by atoms with van der Waals surface area (Å²) in [4.78, 5) is 15.1. The van der Waals surface area contributed by atoms with E-state index in [-0.39, 0.29) is 5.56 Å². The Morgan fingerprint density at radius 3 is 3.06 bits per heavy atom. The summed E-state index contributed by atoms with van der Waals surface area (Å²) >= 11 is 0. The zero-order valence-corrected chi connectivity index (χ0v) is 10.2. The minimum atomic E-state index is -0.923. The molecule has 2 N–H and O–H groups in total. The maximum absolute atomic E-state index is 11.1. The van der Waals surface area contributed by atoms with Crippen LogP contribution in [0.25, 0.3) is 0 Å². The summed E-state index contributed by atoms with van der Waals surface area (Å²) in [6.07, 6.45) is 4.97. The SMILES string of the molecule is CCCC1CC1Nc1cc(C)ncc1C(=O)O. The van der Waals surface area contributed by atoms with Gasteiger partial charge in [0.05, 0.1) is 5.69 Å². The normalized spacial score (nSPS) is 22.2. The van der Waals surface area contributed by atoms with Crippen molar-refractivity contribution in [2.24, 2.45) is 5.92 Å². The van der Waals surface area contributed by atoms with Crippen LogP contribution in [0.2, 0.25) is 0 Å². The monoisotopic (exact) mass is 234 g/mol. The third-order valence-electron chi connectivity index (χ3n) is 3.19. The molecule has 17 heavy (non-hydrogen) atoms. The molecule has 1 fully saturated rings. The fraction of sp³-hybridized carbons (Fsp3) is 0.538. The number of hydrogen-bond donors (Lipinski definition) is 2. The molecule has 4 heteroatoms. The number of nitrogens with zero attached hydrogens (tertiary/aromatic N) is 1. The lowest BCUT2D eigenvalue weighted by Crippen LogP contribution is -2.10. The van der Waals surface area contributed by atoms with Crippen molar-refractivity contribution < 1.29 is 9.90 Å². The molecule has 0 radical (unpaired) electrons. The van der Waals surface area contributed by atoms with Gasteiger partial charge in [-0.2, -0.15) is 0 Å². The first-order valence-corrected chi connectivity index (χ1v) is 6.08. The van der Waals surface area contributed by atoms with Gasteiger partial charge in [0, 0.05) is 17.9 Å².